The average molecular weight is 766 g/mol. The fourth-order valence-corrected chi connectivity index (χ4v) is 7.29. The zero-order chi connectivity index (χ0) is 38.2. The number of hydrogen-bond acceptors (Lipinski definition) is 2. The van der Waals surface area contributed by atoms with E-state index in [2.05, 4.69) is 33.3 Å². The van der Waals surface area contributed by atoms with E-state index in [9.17, 15) is 4.79 Å². The van der Waals surface area contributed by atoms with Gasteiger partial charge in [-0.3, -0.25) is 4.79 Å². The second kappa shape index (κ2) is 41.9. The molecule has 0 aliphatic rings. The first-order chi connectivity index (χ1) is 25.3. The minimum atomic E-state index is -0.0656. The largest absolute Gasteiger partial charge is 1.00 e. The zero-order valence-electron chi connectivity index (χ0n) is 36.7. The molecular weight excluding hydrogens is 672 g/mol. The monoisotopic (exact) mass is 765 g/mol. The van der Waals surface area contributed by atoms with Crippen LogP contribution in [0.2, 0.25) is 0 Å². The number of carbonyl (C=O) groups is 1. The molecule has 0 unspecified atom stereocenters. The Kier molecular flexibility index (Phi) is 42.6. The lowest BCUT2D eigenvalue weighted by Gasteiger charge is -2.30. The fourth-order valence-electron chi connectivity index (χ4n) is 7.29. The molecule has 0 bridgehead atoms. The minimum absolute atomic E-state index is 0. The van der Waals surface area contributed by atoms with Crippen LogP contribution in [0, 0.1) is 0 Å². The molecule has 5 heteroatoms. The summed E-state index contributed by atoms with van der Waals surface area (Å²) in [5.41, 5.74) is 0.788. The lowest BCUT2D eigenvalue weighted by molar-refractivity contribution is -0.890. The van der Waals surface area contributed by atoms with Crippen LogP contribution in [-0.4, -0.2) is 44.2 Å². The van der Waals surface area contributed by atoms with Crippen molar-refractivity contribution in [3.8, 4) is 5.75 Å². The molecule has 0 aliphatic heterocycles. The van der Waals surface area contributed by atoms with E-state index in [1.807, 2.05) is 31.2 Å². The summed E-state index contributed by atoms with van der Waals surface area (Å²) in [6.07, 6.45) is 46.9. The van der Waals surface area contributed by atoms with Crippen LogP contribution in [0.5, 0.6) is 5.75 Å². The molecule has 0 atom stereocenters. The SMILES string of the molecule is CCCCCCCCCCCCCCCCCC[N+](C)(C)CCCCCCCCCCCCCCCCCC.CCOc1ccc(NC(C)=O)cc1.[Cl-]. The van der Waals surface area contributed by atoms with E-state index in [0.717, 1.165) is 11.4 Å². The van der Waals surface area contributed by atoms with Crippen molar-refractivity contribution in [3.05, 3.63) is 24.3 Å². The molecule has 0 radical (unpaired) electrons. The third-order valence-electron chi connectivity index (χ3n) is 10.7. The maximum Gasteiger partial charge on any atom is 0.221 e. The number of ether oxygens (including phenoxy) is 1. The molecule has 0 spiro atoms. The first kappa shape index (κ1) is 53.8. The van der Waals surface area contributed by atoms with E-state index >= 15 is 0 Å². The Hall–Kier alpha value is -1.26. The van der Waals surface area contributed by atoms with Crippen LogP contribution in [0.15, 0.2) is 24.3 Å². The van der Waals surface area contributed by atoms with Crippen LogP contribution >= 0.6 is 0 Å². The van der Waals surface area contributed by atoms with Crippen LogP contribution in [0.25, 0.3) is 0 Å². The topological polar surface area (TPSA) is 38.3 Å². The predicted molar refractivity (Wildman–Crippen MR) is 233 cm³/mol. The van der Waals surface area contributed by atoms with E-state index in [-0.39, 0.29) is 18.3 Å². The van der Waals surface area contributed by atoms with Crippen molar-refractivity contribution in [3.63, 3.8) is 0 Å². The second-order valence-corrected chi connectivity index (χ2v) is 16.6. The van der Waals surface area contributed by atoms with Gasteiger partial charge in [-0.1, -0.05) is 194 Å². The highest BCUT2D eigenvalue weighted by Crippen LogP contribution is 2.17. The molecule has 0 saturated carbocycles. The van der Waals surface area contributed by atoms with Gasteiger partial charge >= 0.3 is 0 Å². The van der Waals surface area contributed by atoms with Gasteiger partial charge in [0.2, 0.25) is 5.91 Å². The Balaban J connectivity index is 0. The van der Waals surface area contributed by atoms with E-state index < -0.39 is 0 Å². The number of nitrogens with one attached hydrogen (secondary N) is 1. The van der Waals surface area contributed by atoms with Crippen LogP contribution in [0.4, 0.5) is 5.69 Å². The predicted octanol–water partition coefficient (Wildman–Crippen LogP) is 12.6. The highest BCUT2D eigenvalue weighted by Gasteiger charge is 2.13. The van der Waals surface area contributed by atoms with E-state index in [1.54, 1.807) is 0 Å². The summed E-state index contributed by atoms with van der Waals surface area (Å²) >= 11 is 0. The number of rotatable bonds is 37. The standard InChI is InChI=1S/C38H80N.C10H13NO2.ClH/c1-5-7-9-11-13-15-17-19-21-23-25-27-29-31-33-35-37-39(3,4)38-36-34-32-30-28-26-24-22-20-18-16-14-12-10-8-6-2;1-3-13-10-6-4-9(5-7-10)11-8(2)12;/h5-38H2,1-4H3;4-7H,3H2,1-2H3,(H,11,12);1H/q+1;;/p-1. The summed E-state index contributed by atoms with van der Waals surface area (Å²) in [6, 6.07) is 7.28. The molecule has 1 aromatic carbocycles. The van der Waals surface area contributed by atoms with Gasteiger partial charge < -0.3 is 26.9 Å². The molecule has 1 amide bonds. The molecule has 0 aromatic heterocycles. The summed E-state index contributed by atoms with van der Waals surface area (Å²) in [7, 11) is 4.94. The smallest absolute Gasteiger partial charge is 0.221 e. The van der Waals surface area contributed by atoms with Crippen LogP contribution in [-0.2, 0) is 4.79 Å². The molecule has 0 aliphatic carbocycles. The van der Waals surface area contributed by atoms with Gasteiger partial charge in [0, 0.05) is 12.6 Å². The van der Waals surface area contributed by atoms with E-state index in [0.29, 0.717) is 6.61 Å². The Bertz CT molecular complexity index is 822. The van der Waals surface area contributed by atoms with Gasteiger partial charge in [-0.05, 0) is 56.9 Å². The normalized spacial score (nSPS) is 11.1. The van der Waals surface area contributed by atoms with E-state index in [4.69, 9.17) is 4.74 Å². The van der Waals surface area contributed by atoms with Gasteiger partial charge in [-0.25, -0.2) is 0 Å². The molecule has 0 saturated heterocycles. The first-order valence-electron chi connectivity index (χ1n) is 23.2. The minimum Gasteiger partial charge on any atom is -1.00 e. The average Bonchev–Trinajstić information content (AvgIpc) is 3.12. The maximum atomic E-state index is 10.7. The number of benzene rings is 1. The van der Waals surface area contributed by atoms with Gasteiger partial charge in [0.25, 0.3) is 0 Å². The molecular formula is C48H93ClN2O2. The van der Waals surface area contributed by atoms with Crippen molar-refractivity contribution in [2.24, 2.45) is 0 Å². The molecule has 1 N–H and O–H groups in total. The van der Waals surface area contributed by atoms with Crippen LogP contribution in [0.1, 0.15) is 233 Å². The number of nitrogens with zero attached hydrogens (tertiary/aromatic N) is 1. The van der Waals surface area contributed by atoms with E-state index in [1.165, 1.54) is 230 Å². The Morgan fingerprint density at radius 2 is 0.736 bits per heavy atom. The molecule has 0 fully saturated rings. The van der Waals surface area contributed by atoms with Crippen molar-refractivity contribution < 1.29 is 26.4 Å². The third kappa shape index (κ3) is 41.7. The molecule has 0 heterocycles. The first-order valence-corrected chi connectivity index (χ1v) is 23.2. The van der Waals surface area contributed by atoms with Gasteiger partial charge in [-0.2, -0.15) is 0 Å². The summed E-state index contributed by atoms with van der Waals surface area (Å²) < 4.78 is 6.50. The number of unbranched alkanes of at least 4 members (excludes halogenated alkanes) is 30. The molecule has 314 valence electrons. The number of hydrogen-bond donors (Lipinski definition) is 1. The summed E-state index contributed by atoms with van der Waals surface area (Å²) in [6.45, 7) is 11.5. The summed E-state index contributed by atoms with van der Waals surface area (Å²) in [4.78, 5) is 10.7. The van der Waals surface area contributed by atoms with Crippen molar-refractivity contribution in [1.82, 2.24) is 0 Å². The van der Waals surface area contributed by atoms with Crippen molar-refractivity contribution in [1.29, 1.82) is 0 Å². The lowest BCUT2D eigenvalue weighted by Crippen LogP contribution is -3.00. The van der Waals surface area contributed by atoms with Gasteiger partial charge in [0.05, 0.1) is 33.8 Å². The van der Waals surface area contributed by atoms with Gasteiger partial charge in [0.1, 0.15) is 5.75 Å². The molecule has 4 nitrogen and oxygen atoms in total. The van der Waals surface area contributed by atoms with Gasteiger partial charge in [-0.15, -0.1) is 0 Å². The van der Waals surface area contributed by atoms with Gasteiger partial charge in [0.15, 0.2) is 0 Å². The summed E-state index contributed by atoms with van der Waals surface area (Å²) in [5.74, 6) is 0.751. The van der Waals surface area contributed by atoms with Crippen LogP contribution in [0.3, 0.4) is 0 Å². The quantitative estimate of drug-likeness (QED) is 0.0541. The fraction of sp³-hybridized carbons (Fsp3) is 0.854. The highest BCUT2D eigenvalue weighted by molar-refractivity contribution is 5.88. The number of quaternary nitrogens is 1. The third-order valence-corrected chi connectivity index (χ3v) is 10.7. The molecule has 53 heavy (non-hydrogen) atoms. The Morgan fingerprint density at radius 1 is 0.472 bits per heavy atom. The molecule has 1 rings (SSSR count). The number of amides is 1. The molecule has 1 aromatic rings. The highest BCUT2D eigenvalue weighted by atomic mass is 35.5. The van der Waals surface area contributed by atoms with Crippen molar-refractivity contribution >= 4 is 11.6 Å². The van der Waals surface area contributed by atoms with Crippen molar-refractivity contribution in [2.45, 2.75) is 233 Å². The Labute approximate surface area is 339 Å². The zero-order valence-corrected chi connectivity index (χ0v) is 37.5. The Morgan fingerprint density at radius 3 is 0.981 bits per heavy atom. The lowest BCUT2D eigenvalue weighted by atomic mass is 10.0. The second-order valence-electron chi connectivity index (χ2n) is 16.6. The number of halogens is 1. The number of anilines is 1. The van der Waals surface area contributed by atoms with Crippen LogP contribution < -0.4 is 22.5 Å². The maximum absolute atomic E-state index is 10.7. The number of carbonyl (C=O) groups excluding carboxylic acids is 1. The summed E-state index contributed by atoms with van der Waals surface area (Å²) in [5, 5.41) is 2.68. The van der Waals surface area contributed by atoms with Crippen molar-refractivity contribution in [2.75, 3.05) is 39.1 Å².